The number of rotatable bonds is 27. The molecule has 1 saturated heterocycles. The summed E-state index contributed by atoms with van der Waals surface area (Å²) in [4.78, 5) is 0. The van der Waals surface area contributed by atoms with E-state index in [4.69, 9.17) is 0 Å². The summed E-state index contributed by atoms with van der Waals surface area (Å²) in [5.41, 5.74) is -0.448. The fraction of sp³-hybridized carbons (Fsp3) is 1.00. The highest BCUT2D eigenvalue weighted by Gasteiger charge is 2.48. The van der Waals surface area contributed by atoms with E-state index in [1.54, 1.807) is 0 Å². The third-order valence-corrected chi connectivity index (χ3v) is 8.34. The Bertz CT molecular complexity index is 395. The predicted molar refractivity (Wildman–Crippen MR) is 153 cm³/mol. The van der Waals surface area contributed by atoms with Crippen LogP contribution in [0.4, 0.5) is 0 Å². The lowest BCUT2D eigenvalue weighted by Gasteiger charge is -2.28. The van der Waals surface area contributed by atoms with Gasteiger partial charge in [0.15, 0.2) is 0 Å². The standard InChI is InChI=1S/C32H65NO/c1-4-6-8-10-12-14-16-18-20-22-24-26-28-32(34,31-30(3)33-31)29-27-25-23-21-19-17-15-13-11-9-7-5-2/h30-31,33-34H,4-29H2,1-3H3/t30-,31-/m0/s1. The summed E-state index contributed by atoms with van der Waals surface area (Å²) in [7, 11) is 0. The molecular formula is C32H65NO. The lowest BCUT2D eigenvalue weighted by Crippen LogP contribution is -2.37. The smallest absolute Gasteiger partial charge is 0.0815 e. The maximum Gasteiger partial charge on any atom is 0.0815 e. The van der Waals surface area contributed by atoms with Crippen molar-refractivity contribution in [3.63, 3.8) is 0 Å². The fourth-order valence-corrected chi connectivity index (χ4v) is 5.83. The molecule has 1 fully saturated rings. The summed E-state index contributed by atoms with van der Waals surface area (Å²) in [6, 6.07) is 0.868. The van der Waals surface area contributed by atoms with Gasteiger partial charge in [0, 0.05) is 6.04 Å². The van der Waals surface area contributed by atoms with Crippen molar-refractivity contribution < 1.29 is 5.11 Å². The minimum Gasteiger partial charge on any atom is -0.388 e. The van der Waals surface area contributed by atoms with Gasteiger partial charge in [0.1, 0.15) is 0 Å². The summed E-state index contributed by atoms with van der Waals surface area (Å²) in [5.74, 6) is 0. The SMILES string of the molecule is CCCCCCCCCCCCCCC(O)(CCCCCCCCCCCCCC)[C@H]1N[C@H]1C. The lowest BCUT2D eigenvalue weighted by atomic mass is 9.85. The van der Waals surface area contributed by atoms with Crippen LogP contribution in [0.15, 0.2) is 0 Å². The molecule has 0 unspecified atom stereocenters. The van der Waals surface area contributed by atoms with E-state index in [0.717, 1.165) is 12.8 Å². The first-order valence-electron chi connectivity index (χ1n) is 16.1. The van der Waals surface area contributed by atoms with Crippen molar-refractivity contribution in [2.24, 2.45) is 0 Å². The normalized spacial score (nSPS) is 18.0. The summed E-state index contributed by atoms with van der Waals surface area (Å²) < 4.78 is 0. The topological polar surface area (TPSA) is 42.2 Å². The molecule has 1 rings (SSSR count). The second kappa shape index (κ2) is 22.1. The van der Waals surface area contributed by atoms with Crippen LogP contribution in [0.1, 0.15) is 188 Å². The van der Waals surface area contributed by atoms with Gasteiger partial charge in [-0.15, -0.1) is 0 Å². The Morgan fingerprint density at radius 1 is 0.471 bits per heavy atom. The Morgan fingerprint density at radius 2 is 0.706 bits per heavy atom. The number of hydrogen-bond donors (Lipinski definition) is 2. The van der Waals surface area contributed by atoms with Crippen LogP contribution in [-0.4, -0.2) is 22.8 Å². The van der Waals surface area contributed by atoms with Gasteiger partial charge in [0.2, 0.25) is 0 Å². The minimum absolute atomic E-state index is 0.355. The average Bonchev–Trinajstić information content (AvgIpc) is 3.58. The summed E-state index contributed by atoms with van der Waals surface area (Å²) in [5, 5.41) is 14.9. The van der Waals surface area contributed by atoms with E-state index in [-0.39, 0.29) is 0 Å². The largest absolute Gasteiger partial charge is 0.388 e. The van der Waals surface area contributed by atoms with Crippen LogP contribution in [0.2, 0.25) is 0 Å². The van der Waals surface area contributed by atoms with Crippen LogP contribution in [-0.2, 0) is 0 Å². The summed E-state index contributed by atoms with van der Waals surface area (Å²) >= 11 is 0. The molecule has 34 heavy (non-hydrogen) atoms. The van der Waals surface area contributed by atoms with Gasteiger partial charge in [-0.3, -0.25) is 0 Å². The first-order valence-corrected chi connectivity index (χ1v) is 16.1. The van der Waals surface area contributed by atoms with Gasteiger partial charge in [0.25, 0.3) is 0 Å². The van der Waals surface area contributed by atoms with E-state index in [1.165, 1.54) is 154 Å². The first kappa shape index (κ1) is 31.9. The van der Waals surface area contributed by atoms with Gasteiger partial charge < -0.3 is 10.4 Å². The zero-order chi connectivity index (χ0) is 24.7. The molecule has 0 aromatic rings. The van der Waals surface area contributed by atoms with E-state index < -0.39 is 5.60 Å². The Kier molecular flexibility index (Phi) is 20.8. The van der Waals surface area contributed by atoms with Crippen molar-refractivity contribution >= 4 is 0 Å². The van der Waals surface area contributed by atoms with Crippen LogP contribution in [0.25, 0.3) is 0 Å². The van der Waals surface area contributed by atoms with E-state index in [1.807, 2.05) is 0 Å². The molecule has 2 N–H and O–H groups in total. The van der Waals surface area contributed by atoms with E-state index in [9.17, 15) is 5.11 Å². The molecule has 2 atom stereocenters. The fourth-order valence-electron chi connectivity index (χ4n) is 5.83. The van der Waals surface area contributed by atoms with Crippen LogP contribution in [0.3, 0.4) is 0 Å². The second-order valence-electron chi connectivity index (χ2n) is 11.8. The average molecular weight is 480 g/mol. The lowest BCUT2D eigenvalue weighted by molar-refractivity contribution is 0.0147. The van der Waals surface area contributed by atoms with Crippen LogP contribution < -0.4 is 5.32 Å². The minimum atomic E-state index is -0.448. The third kappa shape index (κ3) is 17.4. The van der Waals surface area contributed by atoms with Crippen molar-refractivity contribution in [1.82, 2.24) is 5.32 Å². The molecule has 0 amide bonds. The number of nitrogens with one attached hydrogen (secondary N) is 1. The van der Waals surface area contributed by atoms with Crippen molar-refractivity contribution in [3.8, 4) is 0 Å². The van der Waals surface area contributed by atoms with Gasteiger partial charge in [-0.05, 0) is 19.8 Å². The van der Waals surface area contributed by atoms with Gasteiger partial charge in [0.05, 0.1) is 11.6 Å². The summed E-state index contributed by atoms with van der Waals surface area (Å²) in [6.45, 7) is 6.82. The van der Waals surface area contributed by atoms with E-state index >= 15 is 0 Å². The van der Waals surface area contributed by atoms with Crippen LogP contribution in [0.5, 0.6) is 0 Å². The third-order valence-electron chi connectivity index (χ3n) is 8.34. The molecule has 0 spiro atoms. The van der Waals surface area contributed by atoms with E-state index in [0.29, 0.717) is 12.1 Å². The molecule has 0 radical (unpaired) electrons. The molecule has 0 saturated carbocycles. The molecule has 0 aromatic heterocycles. The van der Waals surface area contributed by atoms with Gasteiger partial charge in [-0.25, -0.2) is 0 Å². The highest BCUT2D eigenvalue weighted by molar-refractivity contribution is 5.08. The second-order valence-corrected chi connectivity index (χ2v) is 11.8. The zero-order valence-corrected chi connectivity index (χ0v) is 24.0. The van der Waals surface area contributed by atoms with Crippen molar-refractivity contribution in [2.75, 3.05) is 0 Å². The van der Waals surface area contributed by atoms with Gasteiger partial charge in [-0.2, -0.15) is 0 Å². The monoisotopic (exact) mass is 480 g/mol. The van der Waals surface area contributed by atoms with Gasteiger partial charge in [-0.1, -0.05) is 168 Å². The zero-order valence-electron chi connectivity index (χ0n) is 24.0. The summed E-state index contributed by atoms with van der Waals surface area (Å²) in [6.07, 6.45) is 35.3. The van der Waals surface area contributed by atoms with Crippen LogP contribution >= 0.6 is 0 Å². The molecule has 2 nitrogen and oxygen atoms in total. The van der Waals surface area contributed by atoms with Crippen molar-refractivity contribution in [1.29, 1.82) is 0 Å². The molecule has 1 aliphatic heterocycles. The van der Waals surface area contributed by atoms with E-state index in [2.05, 4.69) is 26.1 Å². The molecule has 1 heterocycles. The van der Waals surface area contributed by atoms with Crippen LogP contribution in [0, 0.1) is 0 Å². The highest BCUT2D eigenvalue weighted by Crippen LogP contribution is 2.34. The molecule has 204 valence electrons. The number of unbranched alkanes of at least 4 members (excludes halogenated alkanes) is 22. The molecule has 0 aliphatic carbocycles. The molecular weight excluding hydrogens is 414 g/mol. The molecule has 1 aliphatic rings. The van der Waals surface area contributed by atoms with Gasteiger partial charge >= 0.3 is 0 Å². The Balaban J connectivity index is 1.98. The molecule has 0 aromatic carbocycles. The Labute approximate surface area is 215 Å². The highest BCUT2D eigenvalue weighted by atomic mass is 16.3. The molecule has 2 heteroatoms. The number of hydrogen-bond acceptors (Lipinski definition) is 2. The maximum absolute atomic E-state index is 11.4. The van der Waals surface area contributed by atoms with Crippen molar-refractivity contribution in [2.45, 2.75) is 205 Å². The Morgan fingerprint density at radius 3 is 0.941 bits per heavy atom. The molecule has 0 bridgehead atoms. The first-order chi connectivity index (χ1) is 16.6. The number of aliphatic hydroxyl groups is 1. The quantitative estimate of drug-likeness (QED) is 0.0908. The van der Waals surface area contributed by atoms with Crippen molar-refractivity contribution in [3.05, 3.63) is 0 Å². The Hall–Kier alpha value is -0.0800. The maximum atomic E-state index is 11.4. The predicted octanol–water partition coefficient (Wildman–Crippen LogP) is 10.3.